The number of rotatable bonds is 11. The molecular formula is C31H33N5O5. The van der Waals surface area contributed by atoms with Crippen molar-refractivity contribution >= 4 is 45.9 Å². The lowest BCUT2D eigenvalue weighted by atomic mass is 10.0. The highest BCUT2D eigenvalue weighted by molar-refractivity contribution is 5.93. The first-order chi connectivity index (χ1) is 19.7. The third-order valence-corrected chi connectivity index (χ3v) is 6.73. The molecule has 1 aromatic heterocycles. The van der Waals surface area contributed by atoms with E-state index in [1.54, 1.807) is 36.5 Å². The van der Waals surface area contributed by atoms with Crippen LogP contribution in [0.5, 0.6) is 0 Å². The Kier molecular flexibility index (Phi) is 9.36. The van der Waals surface area contributed by atoms with Gasteiger partial charge in [0, 0.05) is 29.4 Å². The Morgan fingerprint density at radius 2 is 1.73 bits per heavy atom. The summed E-state index contributed by atoms with van der Waals surface area (Å²) >= 11 is 0. The van der Waals surface area contributed by atoms with Crippen LogP contribution in [0.3, 0.4) is 0 Å². The molecule has 0 bridgehead atoms. The molecular weight excluding hydrogens is 522 g/mol. The maximum Gasteiger partial charge on any atom is 0.411 e. The summed E-state index contributed by atoms with van der Waals surface area (Å²) in [5.74, 6) is -1.05. The minimum atomic E-state index is -1.08. The van der Waals surface area contributed by atoms with Gasteiger partial charge in [-0.1, -0.05) is 30.3 Å². The first kappa shape index (κ1) is 28.9. The van der Waals surface area contributed by atoms with Gasteiger partial charge in [0.05, 0.1) is 25.6 Å². The molecule has 0 aliphatic rings. The number of benzene rings is 3. The third kappa shape index (κ3) is 7.95. The summed E-state index contributed by atoms with van der Waals surface area (Å²) in [7, 11) is 0. The second-order valence-corrected chi connectivity index (χ2v) is 9.71. The van der Waals surface area contributed by atoms with Crippen molar-refractivity contribution in [2.75, 3.05) is 29.5 Å². The van der Waals surface area contributed by atoms with E-state index in [0.29, 0.717) is 29.2 Å². The van der Waals surface area contributed by atoms with Crippen LogP contribution in [0.25, 0.3) is 10.8 Å². The standard InChI is InChI=1S/C31H33N5O5/c1-19-5-3-6-20(2)25(19)12-14-41-31(40)35-24-8-4-7-22(16-24)27(17-29(38)39)36-28(37)18-34-23-9-10-26-21(15-23)11-13-33-30(26)32/h3-11,13,15-16,27,34H,12,14,17-18H2,1-2H3,(H2,32,33)(H,35,40)(H,36,37)(H,38,39)/t27-/m1/s1. The minimum Gasteiger partial charge on any atom is -0.481 e. The number of anilines is 3. The van der Waals surface area contributed by atoms with Gasteiger partial charge in [0.2, 0.25) is 5.91 Å². The predicted molar refractivity (Wildman–Crippen MR) is 159 cm³/mol. The Hall–Kier alpha value is -5.12. The van der Waals surface area contributed by atoms with Crippen molar-refractivity contribution in [2.45, 2.75) is 32.7 Å². The molecule has 0 saturated heterocycles. The normalized spacial score (nSPS) is 11.5. The molecule has 4 rings (SSSR count). The molecule has 0 aliphatic carbocycles. The smallest absolute Gasteiger partial charge is 0.411 e. The molecule has 1 atom stereocenters. The Morgan fingerprint density at radius 3 is 2.49 bits per heavy atom. The zero-order chi connectivity index (χ0) is 29.4. The van der Waals surface area contributed by atoms with Gasteiger partial charge in [-0.2, -0.15) is 0 Å². The van der Waals surface area contributed by atoms with E-state index in [4.69, 9.17) is 10.5 Å². The van der Waals surface area contributed by atoms with Crippen LogP contribution in [-0.2, 0) is 20.7 Å². The molecule has 0 fully saturated rings. The zero-order valence-electron chi connectivity index (χ0n) is 22.9. The van der Waals surface area contributed by atoms with E-state index in [9.17, 15) is 19.5 Å². The van der Waals surface area contributed by atoms with Gasteiger partial charge in [-0.3, -0.25) is 14.9 Å². The molecule has 6 N–H and O–H groups in total. The summed E-state index contributed by atoms with van der Waals surface area (Å²) in [4.78, 5) is 40.8. The fraction of sp³-hybridized carbons (Fsp3) is 0.226. The molecule has 2 amide bonds. The summed E-state index contributed by atoms with van der Waals surface area (Å²) in [5, 5.41) is 19.6. The van der Waals surface area contributed by atoms with E-state index in [-0.39, 0.29) is 19.6 Å². The van der Waals surface area contributed by atoms with Crippen LogP contribution in [0.2, 0.25) is 0 Å². The molecule has 10 nitrogen and oxygen atoms in total. The van der Waals surface area contributed by atoms with E-state index in [1.165, 1.54) is 0 Å². The number of aliphatic carboxylic acids is 1. The van der Waals surface area contributed by atoms with Crippen molar-refractivity contribution < 1.29 is 24.2 Å². The molecule has 0 spiro atoms. The average Bonchev–Trinajstić information content (AvgIpc) is 2.93. The van der Waals surface area contributed by atoms with E-state index in [1.807, 2.05) is 50.2 Å². The van der Waals surface area contributed by atoms with Gasteiger partial charge < -0.3 is 26.2 Å². The number of pyridine rings is 1. The van der Waals surface area contributed by atoms with Crippen molar-refractivity contribution in [1.29, 1.82) is 0 Å². The number of carbonyl (C=O) groups is 3. The molecule has 0 radical (unpaired) electrons. The average molecular weight is 556 g/mol. The molecule has 3 aromatic carbocycles. The quantitative estimate of drug-likeness (QED) is 0.174. The highest BCUT2D eigenvalue weighted by atomic mass is 16.5. The first-order valence-corrected chi connectivity index (χ1v) is 13.2. The van der Waals surface area contributed by atoms with Gasteiger partial charge in [-0.25, -0.2) is 9.78 Å². The van der Waals surface area contributed by atoms with Crippen LogP contribution in [-0.4, -0.2) is 41.2 Å². The fourth-order valence-electron chi connectivity index (χ4n) is 4.64. The summed E-state index contributed by atoms with van der Waals surface area (Å²) in [5.41, 5.74) is 11.0. The van der Waals surface area contributed by atoms with Crippen molar-refractivity contribution in [1.82, 2.24) is 10.3 Å². The van der Waals surface area contributed by atoms with Gasteiger partial charge in [-0.05, 0) is 77.9 Å². The van der Waals surface area contributed by atoms with Crippen LogP contribution >= 0.6 is 0 Å². The Balaban J connectivity index is 1.34. The second-order valence-electron chi connectivity index (χ2n) is 9.71. The Morgan fingerprint density at radius 1 is 0.976 bits per heavy atom. The van der Waals surface area contributed by atoms with Crippen LogP contribution in [0.1, 0.15) is 34.7 Å². The predicted octanol–water partition coefficient (Wildman–Crippen LogP) is 4.97. The number of hydrogen-bond donors (Lipinski definition) is 5. The van der Waals surface area contributed by atoms with Gasteiger partial charge in [0.1, 0.15) is 5.82 Å². The summed E-state index contributed by atoms with van der Waals surface area (Å²) in [6, 6.07) is 19.2. The number of carboxylic acids is 1. The maximum atomic E-state index is 12.8. The maximum absolute atomic E-state index is 12.8. The van der Waals surface area contributed by atoms with Crippen LogP contribution in [0.15, 0.2) is 72.9 Å². The number of amides is 2. The molecule has 10 heteroatoms. The molecule has 0 saturated carbocycles. The largest absolute Gasteiger partial charge is 0.481 e. The second kappa shape index (κ2) is 13.3. The minimum absolute atomic E-state index is 0.0766. The van der Waals surface area contributed by atoms with E-state index < -0.39 is 24.0 Å². The molecule has 0 unspecified atom stereocenters. The number of carboxylic acid groups (broad SMARTS) is 1. The molecule has 212 valence electrons. The monoisotopic (exact) mass is 555 g/mol. The van der Waals surface area contributed by atoms with Crippen LogP contribution in [0, 0.1) is 13.8 Å². The lowest BCUT2D eigenvalue weighted by Gasteiger charge is -2.19. The SMILES string of the molecule is Cc1cccc(C)c1CCOC(=O)Nc1cccc([C@@H](CC(=O)O)NC(=O)CNc2ccc3c(N)nccc3c2)c1. The van der Waals surface area contributed by atoms with Gasteiger partial charge in [0.15, 0.2) is 0 Å². The van der Waals surface area contributed by atoms with E-state index >= 15 is 0 Å². The van der Waals surface area contributed by atoms with Crippen LogP contribution < -0.4 is 21.7 Å². The molecule has 4 aromatic rings. The number of nitrogens with one attached hydrogen (secondary N) is 3. The van der Waals surface area contributed by atoms with Crippen molar-refractivity contribution in [3.63, 3.8) is 0 Å². The molecule has 1 heterocycles. The number of aryl methyl sites for hydroxylation is 2. The third-order valence-electron chi connectivity index (χ3n) is 6.73. The van der Waals surface area contributed by atoms with E-state index in [2.05, 4.69) is 20.9 Å². The summed E-state index contributed by atoms with van der Waals surface area (Å²) < 4.78 is 5.36. The highest BCUT2D eigenvalue weighted by Gasteiger charge is 2.19. The van der Waals surface area contributed by atoms with Gasteiger partial charge in [0.25, 0.3) is 0 Å². The zero-order valence-corrected chi connectivity index (χ0v) is 22.9. The Labute approximate surface area is 237 Å². The number of aromatic nitrogens is 1. The fourth-order valence-corrected chi connectivity index (χ4v) is 4.64. The number of nitrogen functional groups attached to an aromatic ring is 1. The van der Waals surface area contributed by atoms with Gasteiger partial charge in [-0.15, -0.1) is 0 Å². The number of ether oxygens (including phenoxy) is 1. The van der Waals surface area contributed by atoms with Crippen molar-refractivity contribution in [3.8, 4) is 0 Å². The van der Waals surface area contributed by atoms with Gasteiger partial charge >= 0.3 is 12.1 Å². The lowest BCUT2D eigenvalue weighted by molar-refractivity contribution is -0.137. The Bertz CT molecular complexity index is 1550. The van der Waals surface area contributed by atoms with Crippen LogP contribution in [0.4, 0.5) is 22.0 Å². The van der Waals surface area contributed by atoms with Crippen molar-refractivity contribution in [2.24, 2.45) is 0 Å². The molecule has 0 aliphatic heterocycles. The lowest BCUT2D eigenvalue weighted by Crippen LogP contribution is -2.34. The topological polar surface area (TPSA) is 156 Å². The highest BCUT2D eigenvalue weighted by Crippen LogP contribution is 2.23. The first-order valence-electron chi connectivity index (χ1n) is 13.2. The summed E-state index contributed by atoms with van der Waals surface area (Å²) in [6.45, 7) is 4.18. The number of nitrogens with zero attached hydrogens (tertiary/aromatic N) is 1. The molecule has 41 heavy (non-hydrogen) atoms. The number of nitrogens with two attached hydrogens (primary N) is 1. The number of hydrogen-bond acceptors (Lipinski definition) is 7. The van der Waals surface area contributed by atoms with Crippen molar-refractivity contribution in [3.05, 3.63) is 95.2 Å². The number of fused-ring (bicyclic) bond motifs is 1. The summed E-state index contributed by atoms with van der Waals surface area (Å²) in [6.07, 6.45) is 1.25. The van der Waals surface area contributed by atoms with E-state index in [0.717, 1.165) is 27.5 Å². The number of carbonyl (C=O) groups excluding carboxylic acids is 2.